The van der Waals surface area contributed by atoms with Crippen LogP contribution in [-0.4, -0.2) is 34.1 Å². The lowest BCUT2D eigenvalue weighted by molar-refractivity contribution is 0.320. The first-order chi connectivity index (χ1) is 6.86. The minimum Gasteiger partial charge on any atom is -0.302 e. The lowest BCUT2D eigenvalue weighted by Gasteiger charge is -2.14. The van der Waals surface area contributed by atoms with Crippen molar-refractivity contribution in [3.8, 4) is 0 Å². The minimum atomic E-state index is 0.0409. The third kappa shape index (κ3) is 2.20. The molecule has 0 unspecified atom stereocenters. The number of likely N-dealkylation sites (tertiary alicyclic amines) is 1. The van der Waals surface area contributed by atoms with Gasteiger partial charge in [-0.3, -0.25) is 9.36 Å². The van der Waals surface area contributed by atoms with Crippen molar-refractivity contribution in [1.82, 2.24) is 14.5 Å². The SMILES string of the molecule is O=c1ccncn1CCN1CCCC1. The van der Waals surface area contributed by atoms with Gasteiger partial charge in [0.25, 0.3) is 5.56 Å². The summed E-state index contributed by atoms with van der Waals surface area (Å²) in [6, 6.07) is 1.50. The van der Waals surface area contributed by atoms with Crippen molar-refractivity contribution in [2.24, 2.45) is 0 Å². The first kappa shape index (κ1) is 9.40. The van der Waals surface area contributed by atoms with Crippen LogP contribution in [0.4, 0.5) is 0 Å². The van der Waals surface area contributed by atoms with Gasteiger partial charge in [-0.15, -0.1) is 0 Å². The van der Waals surface area contributed by atoms with E-state index in [-0.39, 0.29) is 5.56 Å². The van der Waals surface area contributed by atoms with Gasteiger partial charge in [0, 0.05) is 25.4 Å². The van der Waals surface area contributed by atoms with Crippen LogP contribution < -0.4 is 5.56 Å². The molecule has 0 N–H and O–H groups in total. The number of hydrogen-bond acceptors (Lipinski definition) is 3. The van der Waals surface area contributed by atoms with Crippen molar-refractivity contribution in [2.75, 3.05) is 19.6 Å². The molecule has 14 heavy (non-hydrogen) atoms. The van der Waals surface area contributed by atoms with Crippen molar-refractivity contribution in [3.05, 3.63) is 28.9 Å². The summed E-state index contributed by atoms with van der Waals surface area (Å²) in [4.78, 5) is 17.7. The van der Waals surface area contributed by atoms with Gasteiger partial charge < -0.3 is 4.90 Å². The third-order valence-corrected chi connectivity index (χ3v) is 2.65. The predicted octanol–water partition coefficient (Wildman–Crippen LogP) is 0.339. The number of nitrogens with zero attached hydrogens (tertiary/aromatic N) is 3. The van der Waals surface area contributed by atoms with Crippen molar-refractivity contribution in [3.63, 3.8) is 0 Å². The van der Waals surface area contributed by atoms with E-state index in [4.69, 9.17) is 0 Å². The van der Waals surface area contributed by atoms with Gasteiger partial charge >= 0.3 is 0 Å². The molecule has 0 amide bonds. The summed E-state index contributed by atoms with van der Waals surface area (Å²) in [5.74, 6) is 0. The van der Waals surface area contributed by atoms with Crippen LogP contribution in [-0.2, 0) is 6.54 Å². The van der Waals surface area contributed by atoms with E-state index >= 15 is 0 Å². The molecule has 0 saturated carbocycles. The maximum absolute atomic E-state index is 11.3. The molecule has 0 atom stereocenters. The molecular weight excluding hydrogens is 178 g/mol. The molecule has 4 heteroatoms. The molecule has 0 aliphatic carbocycles. The van der Waals surface area contributed by atoms with Crippen molar-refractivity contribution >= 4 is 0 Å². The molecule has 1 aromatic rings. The van der Waals surface area contributed by atoms with E-state index in [0.717, 1.165) is 13.1 Å². The summed E-state index contributed by atoms with van der Waals surface area (Å²) < 4.78 is 1.66. The normalized spacial score (nSPS) is 17.4. The second kappa shape index (κ2) is 4.37. The van der Waals surface area contributed by atoms with Crippen LogP contribution in [0.25, 0.3) is 0 Å². The van der Waals surface area contributed by atoms with E-state index in [9.17, 15) is 4.79 Å². The Morgan fingerprint density at radius 1 is 1.29 bits per heavy atom. The van der Waals surface area contributed by atoms with E-state index in [1.807, 2.05) is 0 Å². The fourth-order valence-electron chi connectivity index (χ4n) is 1.80. The summed E-state index contributed by atoms with van der Waals surface area (Å²) in [6.45, 7) is 4.07. The maximum atomic E-state index is 11.3. The molecule has 2 rings (SSSR count). The van der Waals surface area contributed by atoms with Gasteiger partial charge in [-0.25, -0.2) is 4.98 Å². The van der Waals surface area contributed by atoms with E-state index in [1.54, 1.807) is 10.9 Å². The fraction of sp³-hybridized carbons (Fsp3) is 0.600. The molecule has 0 spiro atoms. The highest BCUT2D eigenvalue weighted by atomic mass is 16.1. The van der Waals surface area contributed by atoms with Crippen LogP contribution in [0.1, 0.15) is 12.8 Å². The Morgan fingerprint density at radius 2 is 2.07 bits per heavy atom. The van der Waals surface area contributed by atoms with Crippen LogP contribution in [0.2, 0.25) is 0 Å². The summed E-state index contributed by atoms with van der Waals surface area (Å²) >= 11 is 0. The number of hydrogen-bond donors (Lipinski definition) is 0. The monoisotopic (exact) mass is 193 g/mol. The highest BCUT2D eigenvalue weighted by Crippen LogP contribution is 2.06. The summed E-state index contributed by atoms with van der Waals surface area (Å²) in [7, 11) is 0. The average molecular weight is 193 g/mol. The molecule has 1 aromatic heterocycles. The van der Waals surface area contributed by atoms with Crippen molar-refractivity contribution < 1.29 is 0 Å². The zero-order valence-electron chi connectivity index (χ0n) is 8.22. The van der Waals surface area contributed by atoms with E-state index < -0.39 is 0 Å². The average Bonchev–Trinajstić information content (AvgIpc) is 2.69. The summed E-state index contributed by atoms with van der Waals surface area (Å²) in [5.41, 5.74) is 0.0409. The lowest BCUT2D eigenvalue weighted by atomic mass is 10.4. The molecule has 4 nitrogen and oxygen atoms in total. The van der Waals surface area contributed by atoms with E-state index in [1.165, 1.54) is 38.2 Å². The Labute approximate surface area is 83.2 Å². The Morgan fingerprint density at radius 3 is 2.79 bits per heavy atom. The van der Waals surface area contributed by atoms with Gasteiger partial charge in [-0.05, 0) is 25.9 Å². The van der Waals surface area contributed by atoms with Crippen molar-refractivity contribution in [2.45, 2.75) is 19.4 Å². The number of rotatable bonds is 3. The Hall–Kier alpha value is -1.16. The van der Waals surface area contributed by atoms with E-state index in [2.05, 4.69) is 9.88 Å². The van der Waals surface area contributed by atoms with Crippen LogP contribution in [0.5, 0.6) is 0 Å². The van der Waals surface area contributed by atoms with Gasteiger partial charge in [0.1, 0.15) is 0 Å². The molecule has 1 aliphatic rings. The second-order valence-corrected chi connectivity index (χ2v) is 3.66. The van der Waals surface area contributed by atoms with Crippen LogP contribution in [0.15, 0.2) is 23.4 Å². The summed E-state index contributed by atoms with van der Waals surface area (Å²) in [6.07, 6.45) is 5.73. The molecule has 0 bridgehead atoms. The first-order valence-corrected chi connectivity index (χ1v) is 5.09. The standard InChI is InChI=1S/C10H15N3O/c14-10-3-4-11-9-13(10)8-7-12-5-1-2-6-12/h3-4,9H,1-2,5-8H2. The Kier molecular flexibility index (Phi) is 2.93. The third-order valence-electron chi connectivity index (χ3n) is 2.65. The maximum Gasteiger partial charge on any atom is 0.253 e. The molecule has 1 saturated heterocycles. The molecule has 2 heterocycles. The first-order valence-electron chi connectivity index (χ1n) is 5.09. The molecule has 0 aromatic carbocycles. The quantitative estimate of drug-likeness (QED) is 0.694. The molecule has 0 radical (unpaired) electrons. The largest absolute Gasteiger partial charge is 0.302 e. The Balaban J connectivity index is 1.91. The summed E-state index contributed by atoms with van der Waals surface area (Å²) in [5, 5.41) is 0. The molecule has 1 aliphatic heterocycles. The van der Waals surface area contributed by atoms with E-state index in [0.29, 0.717) is 0 Å². The zero-order valence-corrected chi connectivity index (χ0v) is 8.22. The van der Waals surface area contributed by atoms with Gasteiger partial charge in [0.05, 0.1) is 6.33 Å². The zero-order chi connectivity index (χ0) is 9.80. The van der Waals surface area contributed by atoms with Gasteiger partial charge in [0.15, 0.2) is 0 Å². The van der Waals surface area contributed by atoms with Crippen molar-refractivity contribution in [1.29, 1.82) is 0 Å². The number of aromatic nitrogens is 2. The lowest BCUT2D eigenvalue weighted by Crippen LogP contribution is -2.28. The van der Waals surface area contributed by atoms with Gasteiger partial charge in [-0.1, -0.05) is 0 Å². The van der Waals surface area contributed by atoms with Crippen LogP contribution in [0, 0.1) is 0 Å². The van der Waals surface area contributed by atoms with Crippen LogP contribution >= 0.6 is 0 Å². The topological polar surface area (TPSA) is 38.1 Å². The smallest absolute Gasteiger partial charge is 0.253 e. The van der Waals surface area contributed by atoms with Crippen LogP contribution in [0.3, 0.4) is 0 Å². The molecular formula is C10H15N3O. The minimum absolute atomic E-state index is 0.0409. The molecule has 1 fully saturated rings. The van der Waals surface area contributed by atoms with Gasteiger partial charge in [-0.2, -0.15) is 0 Å². The highest BCUT2D eigenvalue weighted by molar-refractivity contribution is 4.82. The Bertz CT molecular complexity index is 341. The highest BCUT2D eigenvalue weighted by Gasteiger charge is 2.10. The predicted molar refractivity (Wildman–Crippen MR) is 54.2 cm³/mol. The second-order valence-electron chi connectivity index (χ2n) is 3.66. The molecule has 76 valence electrons. The fourth-order valence-corrected chi connectivity index (χ4v) is 1.80. The van der Waals surface area contributed by atoms with Gasteiger partial charge in [0.2, 0.25) is 0 Å².